The Hall–Kier alpha value is -2.81. The fraction of sp³-hybridized carbons (Fsp3) is 0.630. The molecule has 1 aliphatic rings. The summed E-state index contributed by atoms with van der Waals surface area (Å²) in [4.78, 5) is 12.0. The van der Waals surface area contributed by atoms with Gasteiger partial charge in [-0.2, -0.15) is 5.10 Å². The monoisotopic (exact) mass is 509 g/mol. The maximum atomic E-state index is 10.8. The third-order valence-electron chi connectivity index (χ3n) is 4.21. The van der Waals surface area contributed by atoms with Gasteiger partial charge in [0.15, 0.2) is 0 Å². The fourth-order valence-corrected chi connectivity index (χ4v) is 2.78. The first kappa shape index (κ1) is 37.7. The normalized spacial score (nSPS) is 13.3. The van der Waals surface area contributed by atoms with Gasteiger partial charge in [-0.25, -0.2) is 19.4 Å². The number of aromatic nitrogens is 2. The average molecular weight is 510 g/mol. The Kier molecular flexibility index (Phi) is 29.8. The lowest BCUT2D eigenvalue weighted by Crippen LogP contribution is -2.35. The highest BCUT2D eigenvalue weighted by Gasteiger charge is 2.17. The smallest absolute Gasteiger partial charge is 0.149 e. The molecule has 8 nitrogen and oxygen atoms in total. The molecule has 0 fully saturated rings. The largest absolute Gasteiger partial charge is 0.384 e. The molecule has 2 rings (SSSR count). The number of hydrogen-bond donors (Lipinski definition) is 1. The van der Waals surface area contributed by atoms with Crippen LogP contribution in [0.15, 0.2) is 57.7 Å². The molecule has 0 saturated heterocycles. The van der Waals surface area contributed by atoms with Gasteiger partial charge in [-0.05, 0) is 25.3 Å². The summed E-state index contributed by atoms with van der Waals surface area (Å²) in [5.41, 5.74) is 8.47. The summed E-state index contributed by atoms with van der Waals surface area (Å²) in [6, 6.07) is 0. The zero-order chi connectivity index (χ0) is 28.2. The molecule has 9 heteroatoms. The molecule has 2 N–H and O–H groups in total. The van der Waals surface area contributed by atoms with Gasteiger partial charge in [0.2, 0.25) is 0 Å². The summed E-state index contributed by atoms with van der Waals surface area (Å²) >= 11 is 0. The van der Waals surface area contributed by atoms with E-state index in [9.17, 15) is 4.39 Å². The number of methoxy groups -OCH3 is 1. The van der Waals surface area contributed by atoms with E-state index in [1.165, 1.54) is 11.8 Å². The molecular formula is C27H52FN7O. The molecule has 0 aromatic carbocycles. The Bertz CT molecular complexity index is 728. The molecule has 0 bridgehead atoms. The van der Waals surface area contributed by atoms with Crippen molar-refractivity contribution in [1.82, 2.24) is 14.6 Å². The molecule has 1 aromatic heterocycles. The highest BCUT2D eigenvalue weighted by molar-refractivity contribution is 5.85. The van der Waals surface area contributed by atoms with E-state index in [0.29, 0.717) is 12.4 Å². The van der Waals surface area contributed by atoms with E-state index >= 15 is 0 Å². The second-order valence-electron chi connectivity index (χ2n) is 6.92. The summed E-state index contributed by atoms with van der Waals surface area (Å²) in [6.45, 7) is 18.5. The Morgan fingerprint density at radius 3 is 2.33 bits per heavy atom. The van der Waals surface area contributed by atoms with Crippen molar-refractivity contribution in [3.8, 4) is 0 Å². The number of halogens is 1. The quantitative estimate of drug-likeness (QED) is 0.228. The van der Waals surface area contributed by atoms with Crippen molar-refractivity contribution in [2.45, 2.75) is 86.8 Å². The lowest BCUT2D eigenvalue weighted by Gasteiger charge is -2.24. The van der Waals surface area contributed by atoms with Gasteiger partial charge in [-0.3, -0.25) is 4.99 Å². The van der Waals surface area contributed by atoms with Crippen LogP contribution in [0, 0.1) is 0 Å². The van der Waals surface area contributed by atoms with E-state index in [2.05, 4.69) is 40.5 Å². The Morgan fingerprint density at radius 1 is 1.28 bits per heavy atom. The molecule has 0 aliphatic carbocycles. The van der Waals surface area contributed by atoms with E-state index in [-0.39, 0.29) is 6.10 Å². The van der Waals surface area contributed by atoms with Gasteiger partial charge in [0.1, 0.15) is 25.0 Å². The number of alkyl halides is 1. The number of rotatable bonds is 10. The number of ether oxygens (including phenoxy) is 1. The van der Waals surface area contributed by atoms with Crippen molar-refractivity contribution in [1.29, 1.82) is 0 Å². The maximum absolute atomic E-state index is 10.8. The van der Waals surface area contributed by atoms with Crippen molar-refractivity contribution >= 4 is 18.4 Å². The predicted molar refractivity (Wildman–Crippen MR) is 156 cm³/mol. The molecule has 208 valence electrons. The molecule has 1 aliphatic heterocycles. The lowest BCUT2D eigenvalue weighted by atomic mass is 10.1. The SMILES string of the molecule is C=CC.CC.CC.CCCC1=C(Cn2ccnc2)N=CN(/N=C(\N)C(CCC)OC)C1.CN=CCF. The standard InChI is InChI=1S/C17H28N6O.C3H6FN.C3H6.2C2H6/c1-4-6-14-10-23(21-17(18)16(24-3)7-5-2)13-20-15(14)11-22-9-8-19-12-22;1-5-3-2-4;1-3-2;2*1-2/h8-9,12-13,16H,4-7,10-11H2,1-3H3,(H2,18,21);3H,2H2,1H3;3H,1H2,2H3;2*1-2H3. The van der Waals surface area contributed by atoms with Crippen LogP contribution in [-0.2, 0) is 11.3 Å². The summed E-state index contributed by atoms with van der Waals surface area (Å²) in [5.74, 6) is 0.500. The zero-order valence-electron chi connectivity index (χ0n) is 24.2. The number of hydrogen-bond acceptors (Lipinski definition) is 6. The Labute approximate surface area is 220 Å². The van der Waals surface area contributed by atoms with Gasteiger partial charge in [-0.15, -0.1) is 6.58 Å². The first-order chi connectivity index (χ1) is 17.5. The lowest BCUT2D eigenvalue weighted by molar-refractivity contribution is 0.145. The second kappa shape index (κ2) is 28.4. The van der Waals surface area contributed by atoms with Crippen LogP contribution in [0.4, 0.5) is 4.39 Å². The van der Waals surface area contributed by atoms with Crippen LogP contribution in [0.2, 0.25) is 0 Å². The molecule has 0 radical (unpaired) electrons. The number of aliphatic imine (C=N–C) groups is 2. The fourth-order valence-electron chi connectivity index (χ4n) is 2.78. The van der Waals surface area contributed by atoms with Crippen LogP contribution < -0.4 is 5.73 Å². The van der Waals surface area contributed by atoms with Crippen LogP contribution >= 0.6 is 0 Å². The molecule has 0 saturated carbocycles. The first-order valence-corrected chi connectivity index (χ1v) is 12.9. The summed E-state index contributed by atoms with van der Waals surface area (Å²) in [6.07, 6.45) is 14.0. The molecule has 1 unspecified atom stereocenters. The van der Waals surface area contributed by atoms with Crippen LogP contribution in [0.1, 0.15) is 74.1 Å². The van der Waals surface area contributed by atoms with Crippen molar-refractivity contribution in [3.63, 3.8) is 0 Å². The minimum atomic E-state index is -0.448. The van der Waals surface area contributed by atoms with Gasteiger partial charge in [0.05, 0.1) is 25.1 Å². The molecular weight excluding hydrogens is 457 g/mol. The number of allylic oxidation sites excluding steroid dienone is 2. The molecule has 36 heavy (non-hydrogen) atoms. The van der Waals surface area contributed by atoms with Crippen molar-refractivity contribution in [3.05, 3.63) is 42.6 Å². The van der Waals surface area contributed by atoms with E-state index in [0.717, 1.165) is 37.9 Å². The van der Waals surface area contributed by atoms with Gasteiger partial charge in [0, 0.05) is 32.8 Å². The third-order valence-corrected chi connectivity index (χ3v) is 4.21. The van der Waals surface area contributed by atoms with Crippen molar-refractivity contribution < 1.29 is 9.13 Å². The predicted octanol–water partition coefficient (Wildman–Crippen LogP) is 6.27. The second-order valence-corrected chi connectivity index (χ2v) is 6.92. The summed E-state index contributed by atoms with van der Waals surface area (Å²) < 4.78 is 18.3. The Balaban J connectivity index is -0.000000769. The highest BCUT2D eigenvalue weighted by atomic mass is 19.1. The molecule has 0 amide bonds. The number of nitrogens with two attached hydrogens (primary N) is 1. The summed E-state index contributed by atoms with van der Waals surface area (Å²) in [7, 11) is 3.21. The molecule has 0 spiro atoms. The average Bonchev–Trinajstić information content (AvgIpc) is 3.41. The number of nitrogens with zero attached hydrogens (tertiary/aromatic N) is 6. The van der Waals surface area contributed by atoms with Crippen molar-refractivity contribution in [2.24, 2.45) is 20.8 Å². The van der Waals surface area contributed by atoms with E-state index in [1.807, 2.05) is 51.7 Å². The van der Waals surface area contributed by atoms with Crippen molar-refractivity contribution in [2.75, 3.05) is 27.4 Å². The maximum Gasteiger partial charge on any atom is 0.149 e. The van der Waals surface area contributed by atoms with Crippen LogP contribution in [0.5, 0.6) is 0 Å². The third kappa shape index (κ3) is 18.5. The van der Waals surface area contributed by atoms with Gasteiger partial charge in [-0.1, -0.05) is 60.5 Å². The molecule has 1 atom stereocenters. The van der Waals surface area contributed by atoms with Crippen LogP contribution in [0.25, 0.3) is 0 Å². The van der Waals surface area contributed by atoms with E-state index in [4.69, 9.17) is 10.5 Å². The van der Waals surface area contributed by atoms with Gasteiger partial charge >= 0.3 is 0 Å². The van der Waals surface area contributed by atoms with Crippen LogP contribution in [0.3, 0.4) is 0 Å². The van der Waals surface area contributed by atoms with Crippen LogP contribution in [-0.4, -0.2) is 66.4 Å². The first-order valence-electron chi connectivity index (χ1n) is 12.9. The zero-order valence-corrected chi connectivity index (χ0v) is 24.2. The topological polar surface area (TPSA) is 93.4 Å². The van der Waals surface area contributed by atoms with E-state index in [1.54, 1.807) is 37.8 Å². The Morgan fingerprint density at radius 2 is 1.92 bits per heavy atom. The number of imidazole rings is 1. The van der Waals surface area contributed by atoms with Gasteiger partial charge in [0.25, 0.3) is 0 Å². The number of amidine groups is 1. The highest BCUT2D eigenvalue weighted by Crippen LogP contribution is 2.20. The number of hydrazone groups is 1. The van der Waals surface area contributed by atoms with Gasteiger partial charge < -0.3 is 15.0 Å². The minimum absolute atomic E-state index is 0.144. The molecule has 2 heterocycles. The molecule has 1 aromatic rings. The van der Waals surface area contributed by atoms with E-state index < -0.39 is 6.67 Å². The minimum Gasteiger partial charge on any atom is -0.384 e. The summed E-state index contributed by atoms with van der Waals surface area (Å²) in [5, 5.41) is 6.29.